The predicted octanol–water partition coefficient (Wildman–Crippen LogP) is -3.60. The van der Waals surface area contributed by atoms with Crippen LogP contribution in [-0.4, -0.2) is 32.5 Å². The van der Waals surface area contributed by atoms with E-state index in [0.717, 1.165) is 11.6 Å². The van der Waals surface area contributed by atoms with E-state index in [0.29, 0.717) is 0 Å². The third-order valence-corrected chi connectivity index (χ3v) is 0.938. The van der Waals surface area contributed by atoms with Crippen LogP contribution in [0, 0.1) is 0 Å². The summed E-state index contributed by atoms with van der Waals surface area (Å²) in [6, 6.07) is 0. The molecule has 7 nitrogen and oxygen atoms in total. The van der Waals surface area contributed by atoms with Crippen molar-refractivity contribution in [1.82, 2.24) is 10.2 Å². The molecule has 0 aliphatic heterocycles. The van der Waals surface area contributed by atoms with Crippen LogP contribution in [-0.2, 0) is 4.79 Å². The first kappa shape index (κ1) is 16.1. The van der Waals surface area contributed by atoms with Crippen LogP contribution < -0.4 is 34.7 Å². The zero-order valence-electron chi connectivity index (χ0n) is 7.88. The minimum Gasteiger partial charge on any atom is -0.565 e. The molecule has 0 bridgehead atoms. The summed E-state index contributed by atoms with van der Waals surface area (Å²) in [6.07, 6.45) is 3.59. The summed E-state index contributed by atoms with van der Waals surface area (Å²) in [6.45, 7) is 0. The maximum Gasteiger partial charge on any atom is 1.00 e. The summed E-state index contributed by atoms with van der Waals surface area (Å²) in [5, 5.41) is 29.7. The fourth-order valence-corrected chi connectivity index (χ4v) is 0.520. The number of carboxylic acid groups (broad SMARTS) is 3. The molecule has 0 saturated heterocycles. The number of aliphatic carboxylic acids is 1. The van der Waals surface area contributed by atoms with Crippen molar-refractivity contribution in [3.63, 3.8) is 0 Å². The molecule has 0 aliphatic carbocycles. The molecule has 1 rings (SSSR count). The van der Waals surface area contributed by atoms with Gasteiger partial charge in [-0.05, 0) is 6.08 Å². The van der Waals surface area contributed by atoms with Crippen molar-refractivity contribution in [3.05, 3.63) is 24.0 Å². The number of nitrogens with zero attached hydrogens (tertiary/aromatic N) is 1. The third kappa shape index (κ3) is 12.7. The summed E-state index contributed by atoms with van der Waals surface area (Å²) in [5.41, 5.74) is 0.752. The van der Waals surface area contributed by atoms with E-state index in [1.807, 2.05) is 0 Å². The molecule has 3 N–H and O–H groups in total. The molecule has 1 aromatic heterocycles. The molecule has 0 fully saturated rings. The number of nitrogens with one attached hydrogen (secondary N) is 1. The molecule has 0 aliphatic rings. The predicted molar refractivity (Wildman–Crippen MR) is 43.3 cm³/mol. The average Bonchev–Trinajstić information content (AvgIpc) is 2.51. The van der Waals surface area contributed by atoms with E-state index in [2.05, 4.69) is 10.2 Å². The number of hydrogen-bond acceptors (Lipinski definition) is 4. The molecule has 8 heteroatoms. The second-order valence-corrected chi connectivity index (χ2v) is 1.97. The van der Waals surface area contributed by atoms with Gasteiger partial charge in [-0.2, -0.15) is 5.10 Å². The zero-order valence-corrected chi connectivity index (χ0v) is 9.88. The van der Waals surface area contributed by atoms with Crippen LogP contribution >= 0.6 is 0 Å². The Bertz CT molecular complexity index is 318. The van der Waals surface area contributed by atoms with E-state index >= 15 is 0 Å². The van der Waals surface area contributed by atoms with Gasteiger partial charge in [-0.15, -0.1) is 0 Å². The Kier molecular flexibility index (Phi) is 9.95. The first-order valence-electron chi connectivity index (χ1n) is 3.32. The standard InChI is InChI=1S/C6H6N2O2.CH2O3.Na/c9-6(10)2-1-5-3-7-8-4-5;2-1(3)4;/h1-4H,(H,7,8)(H,9,10);(H2,2,3,4);/q;;+1/p-1/b2-1+;;. The van der Waals surface area contributed by atoms with E-state index in [1.165, 1.54) is 6.08 Å². The Morgan fingerprint density at radius 1 is 1.47 bits per heavy atom. The molecule has 1 heterocycles. The maximum absolute atomic E-state index is 9.98. The Morgan fingerprint density at radius 3 is 2.33 bits per heavy atom. The van der Waals surface area contributed by atoms with E-state index in [9.17, 15) is 4.79 Å². The van der Waals surface area contributed by atoms with Gasteiger partial charge in [0.25, 0.3) is 0 Å². The molecule has 0 atom stereocenters. The van der Waals surface area contributed by atoms with Crippen molar-refractivity contribution < 1.29 is 54.5 Å². The molecule has 0 spiro atoms. The van der Waals surface area contributed by atoms with E-state index in [1.54, 1.807) is 12.4 Å². The number of H-pyrrole nitrogens is 1. The fourth-order valence-electron chi connectivity index (χ4n) is 0.520. The van der Waals surface area contributed by atoms with Crippen molar-refractivity contribution in [2.24, 2.45) is 0 Å². The molecule has 0 aromatic carbocycles. The van der Waals surface area contributed by atoms with Crippen LogP contribution in [0.3, 0.4) is 0 Å². The second-order valence-electron chi connectivity index (χ2n) is 1.97. The molecule has 0 amide bonds. The van der Waals surface area contributed by atoms with Gasteiger partial charge in [0.05, 0.1) is 6.20 Å². The van der Waals surface area contributed by atoms with Crippen LogP contribution in [0.1, 0.15) is 5.56 Å². The summed E-state index contributed by atoms with van der Waals surface area (Å²) in [7, 11) is 0. The van der Waals surface area contributed by atoms with Crippen molar-refractivity contribution in [3.8, 4) is 0 Å². The Balaban J connectivity index is 0. The van der Waals surface area contributed by atoms with Crippen LogP contribution in [0.5, 0.6) is 0 Å². The number of aromatic nitrogens is 2. The van der Waals surface area contributed by atoms with Gasteiger partial charge in [0.15, 0.2) is 0 Å². The van der Waals surface area contributed by atoms with Crippen LogP contribution in [0.4, 0.5) is 4.79 Å². The molecule has 15 heavy (non-hydrogen) atoms. The number of hydrogen-bond donors (Lipinski definition) is 3. The van der Waals surface area contributed by atoms with Crippen molar-refractivity contribution in [1.29, 1.82) is 0 Å². The van der Waals surface area contributed by atoms with E-state index < -0.39 is 12.1 Å². The molecule has 76 valence electrons. The van der Waals surface area contributed by atoms with Crippen LogP contribution in [0.15, 0.2) is 18.5 Å². The van der Waals surface area contributed by atoms with Crippen molar-refractivity contribution in [2.45, 2.75) is 0 Å². The summed E-state index contributed by atoms with van der Waals surface area (Å²) in [4.78, 5) is 18.4. The Hall–Kier alpha value is -1.31. The van der Waals surface area contributed by atoms with Crippen molar-refractivity contribution in [2.75, 3.05) is 0 Å². The molecule has 0 radical (unpaired) electrons. The summed E-state index contributed by atoms with van der Waals surface area (Å²) in [5.74, 6) is -0.957. The van der Waals surface area contributed by atoms with E-state index in [-0.39, 0.29) is 29.6 Å². The second kappa shape index (κ2) is 9.25. The monoisotopic (exact) mass is 222 g/mol. The van der Waals surface area contributed by atoms with Gasteiger partial charge in [0.1, 0.15) is 0 Å². The minimum atomic E-state index is -2.08. The first-order valence-corrected chi connectivity index (χ1v) is 3.32. The average molecular weight is 222 g/mol. The number of rotatable bonds is 2. The normalized spacial score (nSPS) is 8.53. The smallest absolute Gasteiger partial charge is 0.565 e. The fraction of sp³-hybridized carbons (Fsp3) is 0. The van der Waals surface area contributed by atoms with Gasteiger partial charge in [-0.3, -0.25) is 5.10 Å². The maximum atomic E-state index is 9.98. The molecular weight excluding hydrogens is 215 g/mol. The number of carbonyl (C=O) groups is 2. The van der Waals surface area contributed by atoms with Gasteiger partial charge < -0.3 is 20.1 Å². The number of carboxylic acids is 1. The molecular formula is C7H7N2NaO5. The molecule has 1 aromatic rings. The van der Waals surface area contributed by atoms with Crippen LogP contribution in [0.25, 0.3) is 6.08 Å². The van der Waals surface area contributed by atoms with E-state index in [4.69, 9.17) is 20.1 Å². The SMILES string of the molecule is O=C(O)/C=C/c1cn[nH]c1.O=C([O-])O.[Na+]. The van der Waals surface area contributed by atoms with Crippen molar-refractivity contribution >= 4 is 18.2 Å². The largest absolute Gasteiger partial charge is 1.00 e. The Morgan fingerprint density at radius 2 is 2.00 bits per heavy atom. The van der Waals surface area contributed by atoms with Gasteiger partial charge >= 0.3 is 35.5 Å². The Labute approximate surface area is 107 Å². The third-order valence-electron chi connectivity index (χ3n) is 0.938. The summed E-state index contributed by atoms with van der Waals surface area (Å²) < 4.78 is 0. The first-order chi connectivity index (χ1) is 6.52. The van der Waals surface area contributed by atoms with Gasteiger partial charge in [-0.1, -0.05) is 0 Å². The topological polar surface area (TPSA) is 126 Å². The molecule has 0 unspecified atom stereocenters. The summed E-state index contributed by atoms with van der Waals surface area (Å²) >= 11 is 0. The van der Waals surface area contributed by atoms with Gasteiger partial charge in [0.2, 0.25) is 6.16 Å². The quantitative estimate of drug-likeness (QED) is 0.350. The van der Waals surface area contributed by atoms with Gasteiger partial charge in [0, 0.05) is 17.8 Å². The number of aromatic amines is 1. The van der Waals surface area contributed by atoms with Gasteiger partial charge in [-0.25, -0.2) is 4.79 Å². The minimum absolute atomic E-state index is 0. The van der Waals surface area contributed by atoms with Crippen LogP contribution in [0.2, 0.25) is 0 Å². The molecule has 0 saturated carbocycles. The zero-order chi connectivity index (χ0) is 11.0.